The molecule has 0 atom stereocenters. The molecule has 2 N–H and O–H groups in total. The van der Waals surface area contributed by atoms with Gasteiger partial charge in [0.15, 0.2) is 0 Å². The molecular formula is C21H23NO3S2. The maximum atomic E-state index is 10.5. The molecule has 0 spiro atoms. The smallest absolute Gasteiger partial charge is 0.294 e. The van der Waals surface area contributed by atoms with Gasteiger partial charge in [0.05, 0.1) is 4.90 Å². The molecule has 0 bridgehead atoms. The van der Waals surface area contributed by atoms with Crippen molar-refractivity contribution in [1.82, 2.24) is 5.32 Å². The van der Waals surface area contributed by atoms with Crippen molar-refractivity contribution in [1.29, 1.82) is 0 Å². The molecule has 4 rings (SSSR count). The molecule has 2 heterocycles. The molecule has 0 unspecified atom stereocenters. The van der Waals surface area contributed by atoms with Crippen LogP contribution in [0.4, 0.5) is 0 Å². The van der Waals surface area contributed by atoms with E-state index in [-0.39, 0.29) is 4.90 Å². The molecule has 142 valence electrons. The summed E-state index contributed by atoms with van der Waals surface area (Å²) < 4.78 is 31.0. The number of benzene rings is 2. The van der Waals surface area contributed by atoms with Crippen LogP contribution in [0.2, 0.25) is 0 Å². The fourth-order valence-electron chi connectivity index (χ4n) is 2.92. The van der Waals surface area contributed by atoms with E-state index in [9.17, 15) is 8.42 Å². The largest absolute Gasteiger partial charge is 0.313 e. The number of hydrogen-bond acceptors (Lipinski definition) is 4. The van der Waals surface area contributed by atoms with Crippen molar-refractivity contribution in [3.8, 4) is 0 Å². The average Bonchev–Trinajstić information content (AvgIpc) is 3.08. The summed E-state index contributed by atoms with van der Waals surface area (Å²) in [5, 5.41) is 4.75. The summed E-state index contributed by atoms with van der Waals surface area (Å²) in [5.41, 5.74) is 3.86. The Balaban J connectivity index is 0.000000168. The summed E-state index contributed by atoms with van der Waals surface area (Å²) in [6.07, 6.45) is 3.48. The van der Waals surface area contributed by atoms with Crippen LogP contribution in [0.3, 0.4) is 0 Å². The molecule has 27 heavy (non-hydrogen) atoms. The number of thiophene rings is 1. The summed E-state index contributed by atoms with van der Waals surface area (Å²) >= 11 is 1.93. The Morgan fingerprint density at radius 2 is 1.81 bits per heavy atom. The van der Waals surface area contributed by atoms with Crippen LogP contribution in [-0.2, 0) is 10.1 Å². The normalized spacial score (nSPS) is 14.4. The molecule has 0 saturated carbocycles. The summed E-state index contributed by atoms with van der Waals surface area (Å²) in [4.78, 5) is 1.38. The second-order valence-corrected chi connectivity index (χ2v) is 9.05. The second kappa shape index (κ2) is 8.35. The van der Waals surface area contributed by atoms with E-state index in [0.717, 1.165) is 25.1 Å². The predicted molar refractivity (Wildman–Crippen MR) is 113 cm³/mol. The SMILES string of the molecule is Cc1ccc(S(=O)(=O)O)cc1.Cc1cccc2cc(C3=CCNCC3)sc12. The number of hydrogen-bond donors (Lipinski definition) is 2. The van der Waals surface area contributed by atoms with Crippen molar-refractivity contribution in [3.05, 3.63) is 70.6 Å². The van der Waals surface area contributed by atoms with E-state index in [4.69, 9.17) is 4.55 Å². The molecule has 1 aliphatic heterocycles. The van der Waals surface area contributed by atoms with Gasteiger partial charge in [0.25, 0.3) is 10.1 Å². The third kappa shape index (κ3) is 5.05. The molecule has 6 heteroatoms. The van der Waals surface area contributed by atoms with Gasteiger partial charge in [-0.1, -0.05) is 42.0 Å². The third-order valence-corrected chi connectivity index (χ3v) is 6.67. The summed E-state index contributed by atoms with van der Waals surface area (Å²) in [5.74, 6) is 0. The Bertz CT molecular complexity index is 1060. The van der Waals surface area contributed by atoms with Gasteiger partial charge >= 0.3 is 0 Å². The van der Waals surface area contributed by atoms with E-state index >= 15 is 0 Å². The van der Waals surface area contributed by atoms with Crippen LogP contribution >= 0.6 is 11.3 Å². The Kier molecular flexibility index (Phi) is 6.11. The van der Waals surface area contributed by atoms with Gasteiger partial charge in [0, 0.05) is 16.1 Å². The molecule has 3 aromatic rings. The Hall–Kier alpha value is -1.99. The molecule has 1 aromatic heterocycles. The highest BCUT2D eigenvalue weighted by Gasteiger charge is 2.10. The predicted octanol–water partition coefficient (Wildman–Crippen LogP) is 4.83. The van der Waals surface area contributed by atoms with Crippen molar-refractivity contribution in [2.24, 2.45) is 0 Å². The lowest BCUT2D eigenvalue weighted by Crippen LogP contribution is -2.19. The minimum atomic E-state index is -4.02. The molecule has 0 aliphatic carbocycles. The van der Waals surface area contributed by atoms with Crippen LogP contribution in [0.25, 0.3) is 15.7 Å². The molecule has 1 aliphatic rings. The summed E-state index contributed by atoms with van der Waals surface area (Å²) in [6, 6.07) is 14.9. The standard InChI is InChI=1S/C14H15NS.C7H8O3S/c1-10-3-2-4-12-9-13(16-14(10)12)11-5-7-15-8-6-11;1-6-2-4-7(5-3-6)11(8,9)10/h2-5,9,15H,6-8H2,1H3;2-5H,1H3,(H,8,9,10). The van der Waals surface area contributed by atoms with E-state index in [1.807, 2.05) is 18.3 Å². The highest BCUT2D eigenvalue weighted by atomic mass is 32.2. The first-order valence-electron chi connectivity index (χ1n) is 8.78. The third-order valence-electron chi connectivity index (χ3n) is 4.44. The quantitative estimate of drug-likeness (QED) is 0.604. The van der Waals surface area contributed by atoms with E-state index in [2.05, 4.69) is 42.6 Å². The lowest BCUT2D eigenvalue weighted by atomic mass is 10.1. The molecule has 0 fully saturated rings. The van der Waals surface area contributed by atoms with Crippen LogP contribution in [-0.4, -0.2) is 26.1 Å². The Morgan fingerprint density at radius 1 is 1.07 bits per heavy atom. The van der Waals surface area contributed by atoms with Crippen LogP contribution in [0, 0.1) is 13.8 Å². The van der Waals surface area contributed by atoms with E-state index in [1.165, 1.54) is 38.2 Å². The van der Waals surface area contributed by atoms with Crippen LogP contribution in [0.5, 0.6) is 0 Å². The number of fused-ring (bicyclic) bond motifs is 1. The van der Waals surface area contributed by atoms with Crippen LogP contribution < -0.4 is 5.32 Å². The van der Waals surface area contributed by atoms with Gasteiger partial charge < -0.3 is 5.32 Å². The second-order valence-electron chi connectivity index (χ2n) is 6.58. The number of rotatable bonds is 2. The van der Waals surface area contributed by atoms with E-state index < -0.39 is 10.1 Å². The molecule has 4 nitrogen and oxygen atoms in total. The number of nitrogens with one attached hydrogen (secondary N) is 1. The van der Waals surface area contributed by atoms with Crippen molar-refractivity contribution in [3.63, 3.8) is 0 Å². The fourth-order valence-corrected chi connectivity index (χ4v) is 4.60. The fraction of sp³-hybridized carbons (Fsp3) is 0.238. The van der Waals surface area contributed by atoms with Crippen molar-refractivity contribution in [2.45, 2.75) is 25.2 Å². The highest BCUT2D eigenvalue weighted by Crippen LogP contribution is 2.34. The van der Waals surface area contributed by atoms with E-state index in [0.29, 0.717) is 0 Å². The Labute approximate surface area is 164 Å². The lowest BCUT2D eigenvalue weighted by molar-refractivity contribution is 0.483. The topological polar surface area (TPSA) is 66.4 Å². The van der Waals surface area contributed by atoms with Gasteiger partial charge in [-0.15, -0.1) is 11.3 Å². The van der Waals surface area contributed by atoms with Gasteiger partial charge in [-0.05, 0) is 61.5 Å². The molecule has 0 radical (unpaired) electrons. The minimum Gasteiger partial charge on any atom is -0.313 e. The maximum Gasteiger partial charge on any atom is 0.294 e. The Morgan fingerprint density at radius 3 is 2.41 bits per heavy atom. The van der Waals surface area contributed by atoms with Gasteiger partial charge in [-0.2, -0.15) is 8.42 Å². The minimum absolute atomic E-state index is 0.0666. The van der Waals surface area contributed by atoms with Gasteiger partial charge in [0.1, 0.15) is 0 Å². The van der Waals surface area contributed by atoms with Crippen molar-refractivity contribution < 1.29 is 13.0 Å². The van der Waals surface area contributed by atoms with Crippen LogP contribution in [0.15, 0.2) is 59.5 Å². The first-order chi connectivity index (χ1) is 12.8. The average molecular weight is 402 g/mol. The number of aryl methyl sites for hydroxylation is 2. The van der Waals surface area contributed by atoms with Crippen molar-refractivity contribution >= 4 is 37.1 Å². The molecule has 0 amide bonds. The molecular weight excluding hydrogens is 378 g/mol. The van der Waals surface area contributed by atoms with Gasteiger partial charge in [-0.3, -0.25) is 4.55 Å². The summed E-state index contributed by atoms with van der Waals surface area (Å²) in [7, 11) is -4.02. The zero-order valence-electron chi connectivity index (χ0n) is 15.4. The maximum absolute atomic E-state index is 10.5. The lowest BCUT2D eigenvalue weighted by Gasteiger charge is -2.11. The molecule has 2 aromatic carbocycles. The summed E-state index contributed by atoms with van der Waals surface area (Å²) in [6.45, 7) is 6.16. The van der Waals surface area contributed by atoms with Gasteiger partial charge in [-0.25, -0.2) is 0 Å². The zero-order chi connectivity index (χ0) is 19.4. The monoisotopic (exact) mass is 401 g/mol. The molecule has 0 saturated heterocycles. The highest BCUT2D eigenvalue weighted by molar-refractivity contribution is 7.85. The van der Waals surface area contributed by atoms with Gasteiger partial charge in [0.2, 0.25) is 0 Å². The van der Waals surface area contributed by atoms with Crippen LogP contribution in [0.1, 0.15) is 22.4 Å². The van der Waals surface area contributed by atoms with E-state index in [1.54, 1.807) is 12.1 Å². The first kappa shape index (κ1) is 19.8. The van der Waals surface area contributed by atoms with Crippen molar-refractivity contribution in [2.75, 3.05) is 13.1 Å². The zero-order valence-corrected chi connectivity index (χ0v) is 17.0. The first-order valence-corrected chi connectivity index (χ1v) is 11.0.